The van der Waals surface area contributed by atoms with E-state index in [-0.39, 0.29) is 5.82 Å². The number of aryl methyl sites for hydroxylation is 1. The standard InChI is InChI=1S/C12H15FN2/c1-9-6-10(4-5-11(9)13)7-15-12(2,3)8-14/h4-6,15H,7H2,1-3H3. The highest BCUT2D eigenvalue weighted by atomic mass is 19.1. The molecule has 0 aliphatic rings. The van der Waals surface area contributed by atoms with E-state index in [1.54, 1.807) is 19.1 Å². The molecule has 3 heteroatoms. The third kappa shape index (κ3) is 3.34. The molecular weight excluding hydrogens is 191 g/mol. The second-order valence-corrected chi connectivity index (χ2v) is 4.17. The van der Waals surface area contributed by atoms with Gasteiger partial charge in [0.2, 0.25) is 0 Å². The number of benzene rings is 1. The van der Waals surface area contributed by atoms with E-state index >= 15 is 0 Å². The van der Waals surface area contributed by atoms with E-state index in [9.17, 15) is 4.39 Å². The third-order valence-corrected chi connectivity index (χ3v) is 2.24. The first-order valence-electron chi connectivity index (χ1n) is 4.86. The van der Waals surface area contributed by atoms with Crippen LogP contribution in [0.3, 0.4) is 0 Å². The van der Waals surface area contributed by atoms with Gasteiger partial charge in [-0.25, -0.2) is 4.39 Å². The van der Waals surface area contributed by atoms with Crippen LogP contribution in [0, 0.1) is 24.1 Å². The van der Waals surface area contributed by atoms with Crippen molar-refractivity contribution >= 4 is 0 Å². The van der Waals surface area contributed by atoms with Gasteiger partial charge in [0.1, 0.15) is 11.4 Å². The minimum absolute atomic E-state index is 0.196. The summed E-state index contributed by atoms with van der Waals surface area (Å²) < 4.78 is 13.0. The van der Waals surface area contributed by atoms with Crippen LogP contribution in [0.1, 0.15) is 25.0 Å². The quantitative estimate of drug-likeness (QED) is 0.824. The second kappa shape index (κ2) is 4.41. The summed E-state index contributed by atoms with van der Waals surface area (Å²) in [4.78, 5) is 0. The van der Waals surface area contributed by atoms with Crippen LogP contribution < -0.4 is 5.32 Å². The van der Waals surface area contributed by atoms with Crippen molar-refractivity contribution in [3.05, 3.63) is 35.1 Å². The Balaban J connectivity index is 2.67. The van der Waals surface area contributed by atoms with Crippen molar-refractivity contribution in [2.24, 2.45) is 0 Å². The fourth-order valence-corrected chi connectivity index (χ4v) is 1.18. The summed E-state index contributed by atoms with van der Waals surface area (Å²) in [5.41, 5.74) is 1.06. The first-order chi connectivity index (χ1) is 6.94. The van der Waals surface area contributed by atoms with Gasteiger partial charge in [-0.1, -0.05) is 12.1 Å². The van der Waals surface area contributed by atoms with Gasteiger partial charge in [-0.05, 0) is 38.0 Å². The van der Waals surface area contributed by atoms with Gasteiger partial charge in [-0.3, -0.25) is 5.32 Å². The van der Waals surface area contributed by atoms with Crippen molar-refractivity contribution in [3.8, 4) is 6.07 Å². The van der Waals surface area contributed by atoms with Crippen molar-refractivity contribution in [3.63, 3.8) is 0 Å². The maximum absolute atomic E-state index is 13.0. The zero-order valence-electron chi connectivity index (χ0n) is 9.26. The number of nitriles is 1. The van der Waals surface area contributed by atoms with E-state index in [0.717, 1.165) is 5.56 Å². The molecular formula is C12H15FN2. The summed E-state index contributed by atoms with van der Waals surface area (Å²) in [6.45, 7) is 5.92. The lowest BCUT2D eigenvalue weighted by atomic mass is 10.1. The van der Waals surface area contributed by atoms with Crippen LogP contribution in [0.25, 0.3) is 0 Å². The van der Waals surface area contributed by atoms with Gasteiger partial charge in [0.15, 0.2) is 0 Å². The zero-order valence-corrected chi connectivity index (χ0v) is 9.26. The van der Waals surface area contributed by atoms with E-state index in [2.05, 4.69) is 11.4 Å². The van der Waals surface area contributed by atoms with E-state index in [1.807, 2.05) is 13.8 Å². The molecule has 0 radical (unpaired) electrons. The van der Waals surface area contributed by atoms with Crippen LogP contribution in [0.2, 0.25) is 0 Å². The topological polar surface area (TPSA) is 35.8 Å². The molecule has 0 atom stereocenters. The predicted octanol–water partition coefficient (Wildman–Crippen LogP) is 2.53. The van der Waals surface area contributed by atoms with Crippen LogP contribution in [0.4, 0.5) is 4.39 Å². The largest absolute Gasteiger partial charge is 0.296 e. The Bertz CT molecular complexity index is 391. The molecule has 2 nitrogen and oxygen atoms in total. The molecule has 15 heavy (non-hydrogen) atoms. The fraction of sp³-hybridized carbons (Fsp3) is 0.417. The monoisotopic (exact) mass is 206 g/mol. The van der Waals surface area contributed by atoms with Gasteiger partial charge in [-0.15, -0.1) is 0 Å². The molecule has 0 aromatic heterocycles. The summed E-state index contributed by atoms with van der Waals surface area (Å²) in [6, 6.07) is 7.11. The normalized spacial score (nSPS) is 11.1. The Morgan fingerprint density at radius 3 is 2.67 bits per heavy atom. The molecule has 1 rings (SSSR count). The Kier molecular flexibility index (Phi) is 3.43. The number of rotatable bonds is 3. The Hall–Kier alpha value is -1.40. The molecule has 0 unspecified atom stereocenters. The molecule has 1 aromatic rings. The molecule has 0 amide bonds. The van der Waals surface area contributed by atoms with Crippen molar-refractivity contribution < 1.29 is 4.39 Å². The lowest BCUT2D eigenvalue weighted by Gasteiger charge is -2.17. The molecule has 0 bridgehead atoms. The van der Waals surface area contributed by atoms with Crippen LogP contribution in [-0.2, 0) is 6.54 Å². The average molecular weight is 206 g/mol. The highest BCUT2D eigenvalue weighted by molar-refractivity contribution is 5.24. The summed E-state index contributed by atoms with van der Waals surface area (Å²) in [7, 11) is 0. The average Bonchev–Trinajstić information content (AvgIpc) is 2.20. The van der Waals surface area contributed by atoms with Gasteiger partial charge in [-0.2, -0.15) is 5.26 Å². The lowest BCUT2D eigenvalue weighted by Crippen LogP contribution is -2.36. The third-order valence-electron chi connectivity index (χ3n) is 2.24. The second-order valence-electron chi connectivity index (χ2n) is 4.17. The predicted molar refractivity (Wildman–Crippen MR) is 57.7 cm³/mol. The summed E-state index contributed by atoms with van der Waals surface area (Å²) in [5.74, 6) is -0.196. The Labute approximate surface area is 89.7 Å². The van der Waals surface area contributed by atoms with Gasteiger partial charge in [0.25, 0.3) is 0 Å². The van der Waals surface area contributed by atoms with Crippen LogP contribution >= 0.6 is 0 Å². The molecule has 1 N–H and O–H groups in total. The van der Waals surface area contributed by atoms with Gasteiger partial charge in [0.05, 0.1) is 6.07 Å². The molecule has 1 aromatic carbocycles. The van der Waals surface area contributed by atoms with Crippen LogP contribution in [-0.4, -0.2) is 5.54 Å². The Morgan fingerprint density at radius 2 is 2.13 bits per heavy atom. The van der Waals surface area contributed by atoms with Crippen LogP contribution in [0.15, 0.2) is 18.2 Å². The fourth-order valence-electron chi connectivity index (χ4n) is 1.18. The first-order valence-corrected chi connectivity index (χ1v) is 4.86. The molecule has 0 heterocycles. The lowest BCUT2D eigenvalue weighted by molar-refractivity contribution is 0.484. The Morgan fingerprint density at radius 1 is 1.47 bits per heavy atom. The first kappa shape index (κ1) is 11.7. The highest BCUT2D eigenvalue weighted by Gasteiger charge is 2.14. The van der Waals surface area contributed by atoms with Gasteiger partial charge >= 0.3 is 0 Å². The van der Waals surface area contributed by atoms with Crippen LogP contribution in [0.5, 0.6) is 0 Å². The van der Waals surface area contributed by atoms with Gasteiger partial charge < -0.3 is 0 Å². The molecule has 0 saturated heterocycles. The number of nitrogens with zero attached hydrogens (tertiary/aromatic N) is 1. The molecule has 0 aliphatic heterocycles. The SMILES string of the molecule is Cc1cc(CNC(C)(C)C#N)ccc1F. The van der Waals surface area contributed by atoms with Crippen molar-refractivity contribution in [2.75, 3.05) is 0 Å². The molecule has 0 aliphatic carbocycles. The summed E-state index contributed by atoms with van der Waals surface area (Å²) in [6.07, 6.45) is 0. The highest BCUT2D eigenvalue weighted by Crippen LogP contribution is 2.10. The van der Waals surface area contributed by atoms with Crippen molar-refractivity contribution in [2.45, 2.75) is 32.9 Å². The number of hydrogen-bond donors (Lipinski definition) is 1. The molecule has 0 fully saturated rings. The van der Waals surface area contributed by atoms with E-state index in [1.165, 1.54) is 6.07 Å². The molecule has 0 spiro atoms. The minimum atomic E-state index is -0.553. The smallest absolute Gasteiger partial charge is 0.126 e. The molecule has 80 valence electrons. The number of nitrogens with one attached hydrogen (secondary N) is 1. The van der Waals surface area contributed by atoms with Gasteiger partial charge in [0, 0.05) is 6.54 Å². The number of hydrogen-bond acceptors (Lipinski definition) is 2. The van der Waals surface area contributed by atoms with E-state index < -0.39 is 5.54 Å². The maximum atomic E-state index is 13.0. The minimum Gasteiger partial charge on any atom is -0.296 e. The molecule has 0 saturated carbocycles. The summed E-state index contributed by atoms with van der Waals surface area (Å²) >= 11 is 0. The summed E-state index contributed by atoms with van der Waals surface area (Å²) in [5, 5.41) is 11.9. The van der Waals surface area contributed by atoms with Crippen molar-refractivity contribution in [1.29, 1.82) is 5.26 Å². The zero-order chi connectivity index (χ0) is 11.5. The van der Waals surface area contributed by atoms with Crippen molar-refractivity contribution in [1.82, 2.24) is 5.32 Å². The number of halogens is 1. The van der Waals surface area contributed by atoms with E-state index in [0.29, 0.717) is 12.1 Å². The maximum Gasteiger partial charge on any atom is 0.126 e. The van der Waals surface area contributed by atoms with E-state index in [4.69, 9.17) is 5.26 Å².